The largest absolute Gasteiger partial charge is 0.541 e. The van der Waals surface area contributed by atoms with Gasteiger partial charge in [0.2, 0.25) is 17.7 Å². The number of carbonyl (C=O) groups is 3. The second kappa shape index (κ2) is 17.5. The summed E-state index contributed by atoms with van der Waals surface area (Å²) in [6.07, 6.45) is 1.03. The van der Waals surface area contributed by atoms with Crippen LogP contribution in [0.4, 0.5) is 0 Å². The van der Waals surface area contributed by atoms with E-state index in [4.69, 9.17) is 8.85 Å². The number of hydrogen-bond donors (Lipinski definition) is 4. The van der Waals surface area contributed by atoms with Crippen LogP contribution in [0.25, 0.3) is 0 Å². The first-order valence-electron chi connectivity index (χ1n) is 17.9. The van der Waals surface area contributed by atoms with E-state index in [0.717, 1.165) is 11.1 Å². The number of aromatic hydroxyl groups is 2. The first-order chi connectivity index (χ1) is 24.1. The molecule has 0 fully saturated rings. The maximum absolute atomic E-state index is 13.9. The zero-order valence-electron chi connectivity index (χ0n) is 32.7. The second-order valence-electron chi connectivity index (χ2n) is 16.5. The Kier molecular flexibility index (Phi) is 14.2. The van der Waals surface area contributed by atoms with Gasteiger partial charge in [-0.05, 0) is 102 Å². The quantitative estimate of drug-likeness (QED) is 0.116. The molecule has 0 bridgehead atoms. The number of amides is 3. The Balaban J connectivity index is 1.81. The minimum atomic E-state index is -2.30. The van der Waals surface area contributed by atoms with Crippen molar-refractivity contribution in [3.8, 4) is 23.0 Å². The van der Waals surface area contributed by atoms with E-state index < -0.39 is 16.6 Å². The molecule has 52 heavy (non-hydrogen) atoms. The van der Waals surface area contributed by atoms with E-state index in [9.17, 15) is 24.6 Å². The van der Waals surface area contributed by atoms with E-state index in [-0.39, 0.29) is 58.8 Å². The molecular weight excluding hydrogens is 691 g/mol. The first-order valence-corrected chi connectivity index (χ1v) is 23.8. The molecule has 284 valence electrons. The van der Waals surface area contributed by atoms with E-state index >= 15 is 0 Å². The average Bonchev–Trinajstić information content (AvgIpc) is 3.02. The number of hydrogen-bond acceptors (Lipinski definition) is 7. The van der Waals surface area contributed by atoms with E-state index in [2.05, 4.69) is 78.4 Å². The molecule has 3 aromatic carbocycles. The third kappa shape index (κ3) is 12.7. The molecule has 0 aliphatic rings. The van der Waals surface area contributed by atoms with Crippen LogP contribution in [0.2, 0.25) is 36.3 Å². The summed E-state index contributed by atoms with van der Waals surface area (Å²) in [4.78, 5) is 41.4. The standard InChI is InChI=1S/C40H59N3O7Si2/c1-39(2,3)51(7,8)49-34-20-15-31(25-35(34)50-52(9,10)40(4,5)6)26-38(48)43(27-36(46)41-23-21-29-11-16-32(44)17-12-29)28-37(47)42-24-22-30-13-18-33(45)19-14-30/h11-20,25,44-45H,21-24,26-28H2,1-10H3,(H,41,46)(H,42,47). The molecule has 10 nitrogen and oxygen atoms in total. The molecule has 3 amide bonds. The number of nitrogens with zero attached hydrogens (tertiary/aromatic N) is 1. The van der Waals surface area contributed by atoms with Crippen molar-refractivity contribution in [3.05, 3.63) is 83.4 Å². The number of phenols is 2. The molecular formula is C40H59N3O7Si2. The molecule has 0 aromatic heterocycles. The molecule has 0 aliphatic carbocycles. The number of rotatable bonds is 16. The monoisotopic (exact) mass is 749 g/mol. The van der Waals surface area contributed by atoms with Crippen molar-refractivity contribution >= 4 is 34.4 Å². The van der Waals surface area contributed by atoms with Crippen molar-refractivity contribution < 1.29 is 33.4 Å². The molecule has 3 rings (SSSR count). The summed E-state index contributed by atoms with van der Waals surface area (Å²) in [5, 5.41) is 24.7. The lowest BCUT2D eigenvalue weighted by molar-refractivity contribution is -0.138. The predicted molar refractivity (Wildman–Crippen MR) is 212 cm³/mol. The smallest absolute Gasteiger partial charge is 0.250 e. The Labute approximate surface area is 312 Å². The fraction of sp³-hybridized carbons (Fsp3) is 0.475. The molecule has 12 heteroatoms. The van der Waals surface area contributed by atoms with Gasteiger partial charge in [-0.3, -0.25) is 14.4 Å². The number of benzene rings is 3. The fourth-order valence-corrected chi connectivity index (χ4v) is 6.72. The highest BCUT2D eigenvalue weighted by atomic mass is 28.4. The van der Waals surface area contributed by atoms with Crippen LogP contribution >= 0.6 is 0 Å². The lowest BCUT2D eigenvalue weighted by Gasteiger charge is -2.39. The van der Waals surface area contributed by atoms with Gasteiger partial charge < -0.3 is 34.6 Å². The summed E-state index contributed by atoms with van der Waals surface area (Å²) in [5.74, 6) is 0.448. The Morgan fingerprint density at radius 2 is 1.00 bits per heavy atom. The van der Waals surface area contributed by atoms with Crippen molar-refractivity contribution in [2.75, 3.05) is 26.2 Å². The third-order valence-corrected chi connectivity index (χ3v) is 18.8. The van der Waals surface area contributed by atoms with Crippen molar-refractivity contribution in [3.63, 3.8) is 0 Å². The SMILES string of the molecule is CC(C)(C)[Si](C)(C)Oc1ccc(CC(=O)N(CC(=O)NCCc2ccc(O)cc2)CC(=O)NCCc2ccc(O)cc2)cc1O[Si](C)(C)C(C)(C)C. The molecule has 0 unspecified atom stereocenters. The minimum absolute atomic E-state index is 0.0361. The maximum Gasteiger partial charge on any atom is 0.250 e. The topological polar surface area (TPSA) is 137 Å². The van der Waals surface area contributed by atoms with Crippen LogP contribution in [0.1, 0.15) is 58.2 Å². The highest BCUT2D eigenvalue weighted by Crippen LogP contribution is 2.43. The van der Waals surface area contributed by atoms with Crippen molar-refractivity contribution in [2.45, 2.75) is 97.1 Å². The van der Waals surface area contributed by atoms with Crippen LogP contribution in [-0.4, -0.2) is 75.6 Å². The summed E-state index contributed by atoms with van der Waals surface area (Å²) in [6.45, 7) is 21.8. The van der Waals surface area contributed by atoms with Gasteiger partial charge in [0.15, 0.2) is 0 Å². The molecule has 0 radical (unpaired) electrons. The van der Waals surface area contributed by atoms with Crippen LogP contribution in [0.3, 0.4) is 0 Å². The summed E-state index contributed by atoms with van der Waals surface area (Å²) in [6, 6.07) is 19.1. The highest BCUT2D eigenvalue weighted by Gasteiger charge is 2.42. The van der Waals surface area contributed by atoms with E-state index in [1.165, 1.54) is 4.90 Å². The molecule has 0 saturated heterocycles. The van der Waals surface area contributed by atoms with E-state index in [1.807, 2.05) is 18.2 Å². The zero-order chi connectivity index (χ0) is 38.9. The zero-order valence-corrected chi connectivity index (χ0v) is 34.7. The Hall–Kier alpha value is -4.30. The Morgan fingerprint density at radius 3 is 1.40 bits per heavy atom. The normalized spacial score (nSPS) is 12.2. The first kappa shape index (κ1) is 42.1. The van der Waals surface area contributed by atoms with Crippen LogP contribution in [-0.2, 0) is 33.6 Å². The van der Waals surface area contributed by atoms with Crippen LogP contribution < -0.4 is 19.5 Å². The summed E-state index contributed by atoms with van der Waals surface area (Å²) >= 11 is 0. The van der Waals surface area contributed by atoms with Gasteiger partial charge in [0.25, 0.3) is 16.6 Å². The van der Waals surface area contributed by atoms with Crippen molar-refractivity contribution in [2.24, 2.45) is 0 Å². The van der Waals surface area contributed by atoms with Gasteiger partial charge in [-0.2, -0.15) is 0 Å². The maximum atomic E-state index is 13.9. The number of phenolic OH excluding ortho intramolecular Hbond substituents is 2. The van der Waals surface area contributed by atoms with Gasteiger partial charge in [0.05, 0.1) is 6.42 Å². The second-order valence-corrected chi connectivity index (χ2v) is 25.9. The minimum Gasteiger partial charge on any atom is -0.541 e. The number of nitrogens with one attached hydrogen (secondary N) is 2. The molecule has 0 spiro atoms. The van der Waals surface area contributed by atoms with Crippen LogP contribution in [0.15, 0.2) is 66.7 Å². The van der Waals surface area contributed by atoms with E-state index in [1.54, 1.807) is 48.5 Å². The van der Waals surface area contributed by atoms with Gasteiger partial charge in [-0.15, -0.1) is 0 Å². The molecule has 0 saturated carbocycles. The van der Waals surface area contributed by atoms with Gasteiger partial charge in [-0.1, -0.05) is 71.9 Å². The molecule has 4 N–H and O–H groups in total. The van der Waals surface area contributed by atoms with Gasteiger partial charge in [0.1, 0.15) is 36.1 Å². The average molecular weight is 750 g/mol. The molecule has 0 heterocycles. The third-order valence-electron chi connectivity index (χ3n) is 10.1. The van der Waals surface area contributed by atoms with Crippen LogP contribution in [0.5, 0.6) is 23.0 Å². The van der Waals surface area contributed by atoms with Crippen LogP contribution in [0, 0.1) is 0 Å². The predicted octanol–water partition coefficient (Wildman–Crippen LogP) is 6.95. The summed E-state index contributed by atoms with van der Waals surface area (Å²) < 4.78 is 13.5. The number of carbonyl (C=O) groups excluding carboxylic acids is 3. The van der Waals surface area contributed by atoms with Gasteiger partial charge >= 0.3 is 0 Å². The Morgan fingerprint density at radius 1 is 0.615 bits per heavy atom. The lowest BCUT2D eigenvalue weighted by atomic mass is 10.1. The van der Waals surface area contributed by atoms with E-state index in [0.29, 0.717) is 43.0 Å². The summed E-state index contributed by atoms with van der Waals surface area (Å²) in [5.41, 5.74) is 2.57. The summed E-state index contributed by atoms with van der Waals surface area (Å²) in [7, 11) is -4.52. The Bertz CT molecular complexity index is 1600. The van der Waals surface area contributed by atoms with Crippen molar-refractivity contribution in [1.29, 1.82) is 0 Å². The highest BCUT2D eigenvalue weighted by molar-refractivity contribution is 6.75. The van der Waals surface area contributed by atoms with Crippen molar-refractivity contribution in [1.82, 2.24) is 15.5 Å². The molecule has 0 atom stereocenters. The molecule has 3 aromatic rings. The van der Waals surface area contributed by atoms with Gasteiger partial charge in [-0.25, -0.2) is 0 Å². The fourth-order valence-electron chi connectivity index (χ4n) is 4.68. The molecule has 0 aliphatic heterocycles. The van der Waals surface area contributed by atoms with Gasteiger partial charge in [0, 0.05) is 13.1 Å². The lowest BCUT2D eigenvalue weighted by Crippen LogP contribution is -2.47.